The van der Waals surface area contributed by atoms with Crippen LogP contribution < -0.4 is 5.73 Å². The van der Waals surface area contributed by atoms with E-state index in [1.54, 1.807) is 14.2 Å². The number of ether oxygens (including phenoxy) is 2. The molecule has 5 nitrogen and oxygen atoms in total. The van der Waals surface area contributed by atoms with Crippen LogP contribution in [0.4, 0.5) is 0 Å². The molecule has 118 valence electrons. The van der Waals surface area contributed by atoms with Crippen LogP contribution in [0.5, 0.6) is 0 Å². The molecule has 1 heterocycles. The van der Waals surface area contributed by atoms with E-state index in [-0.39, 0.29) is 5.54 Å². The largest absolute Gasteiger partial charge is 0.385 e. The van der Waals surface area contributed by atoms with Gasteiger partial charge in [0.15, 0.2) is 0 Å². The topological polar surface area (TPSA) is 51.0 Å². The van der Waals surface area contributed by atoms with Crippen LogP contribution in [-0.2, 0) is 9.47 Å². The van der Waals surface area contributed by atoms with Gasteiger partial charge in [-0.1, -0.05) is 0 Å². The molecule has 0 spiro atoms. The minimum Gasteiger partial charge on any atom is -0.385 e. The van der Waals surface area contributed by atoms with Crippen molar-refractivity contribution < 1.29 is 9.47 Å². The van der Waals surface area contributed by atoms with Gasteiger partial charge in [-0.05, 0) is 25.7 Å². The summed E-state index contributed by atoms with van der Waals surface area (Å²) >= 11 is 0. The highest BCUT2D eigenvalue weighted by molar-refractivity contribution is 5.03. The number of hydrogen-bond donors (Lipinski definition) is 1. The fraction of sp³-hybridized carbons (Fsp3) is 1.00. The molecule has 0 bridgehead atoms. The molecule has 2 fully saturated rings. The van der Waals surface area contributed by atoms with Crippen molar-refractivity contribution in [3.05, 3.63) is 0 Å². The lowest BCUT2D eigenvalue weighted by atomic mass is 9.95. The summed E-state index contributed by atoms with van der Waals surface area (Å²) in [7, 11) is 3.54. The summed E-state index contributed by atoms with van der Waals surface area (Å²) in [6.45, 7) is 6.69. The van der Waals surface area contributed by atoms with Gasteiger partial charge in [0.1, 0.15) is 0 Å². The van der Waals surface area contributed by atoms with E-state index >= 15 is 0 Å². The number of hydrogen-bond acceptors (Lipinski definition) is 5. The zero-order valence-corrected chi connectivity index (χ0v) is 13.1. The summed E-state index contributed by atoms with van der Waals surface area (Å²) in [4.78, 5) is 5.20. The van der Waals surface area contributed by atoms with Crippen molar-refractivity contribution >= 4 is 0 Å². The number of likely N-dealkylation sites (tertiary alicyclic amines) is 1. The summed E-state index contributed by atoms with van der Waals surface area (Å²) in [6, 6.07) is 0.840. The molecule has 2 aliphatic rings. The lowest BCUT2D eigenvalue weighted by Crippen LogP contribution is -2.57. The fourth-order valence-electron chi connectivity index (χ4n) is 3.38. The molecule has 1 aliphatic heterocycles. The molecule has 0 aromatic carbocycles. The highest BCUT2D eigenvalue weighted by Gasteiger charge is 2.45. The zero-order chi connectivity index (χ0) is 14.4. The SMILES string of the molecule is COCCCN(CCOC)C1(CN)CCN(C2CC2)C1. The normalized spacial score (nSPS) is 27.6. The first kappa shape index (κ1) is 16.2. The molecule has 1 saturated heterocycles. The molecule has 2 rings (SSSR count). The van der Waals surface area contributed by atoms with E-state index in [4.69, 9.17) is 15.2 Å². The first-order valence-electron chi connectivity index (χ1n) is 7.93. The quantitative estimate of drug-likeness (QED) is 0.594. The van der Waals surface area contributed by atoms with E-state index in [0.717, 1.165) is 51.9 Å². The third-order valence-corrected chi connectivity index (χ3v) is 4.82. The molecule has 1 saturated carbocycles. The number of rotatable bonds is 10. The molecule has 1 atom stereocenters. The average Bonchev–Trinajstić information content (AvgIpc) is 3.23. The first-order chi connectivity index (χ1) is 9.75. The molecular weight excluding hydrogens is 254 g/mol. The Kier molecular flexibility index (Phi) is 6.23. The van der Waals surface area contributed by atoms with Crippen LogP contribution in [0.2, 0.25) is 0 Å². The van der Waals surface area contributed by atoms with Gasteiger partial charge < -0.3 is 15.2 Å². The highest BCUT2D eigenvalue weighted by Crippen LogP contribution is 2.35. The van der Waals surface area contributed by atoms with Gasteiger partial charge in [0.2, 0.25) is 0 Å². The molecule has 5 heteroatoms. The van der Waals surface area contributed by atoms with E-state index in [0.29, 0.717) is 0 Å². The second-order valence-corrected chi connectivity index (χ2v) is 6.21. The summed E-state index contributed by atoms with van der Waals surface area (Å²) < 4.78 is 10.5. The Balaban J connectivity index is 1.94. The van der Waals surface area contributed by atoms with Gasteiger partial charge >= 0.3 is 0 Å². The molecule has 0 amide bonds. The van der Waals surface area contributed by atoms with Crippen LogP contribution in [0.25, 0.3) is 0 Å². The molecule has 1 aliphatic carbocycles. The van der Waals surface area contributed by atoms with Crippen LogP contribution in [0.15, 0.2) is 0 Å². The van der Waals surface area contributed by atoms with Crippen molar-refractivity contribution in [2.45, 2.75) is 37.3 Å². The van der Waals surface area contributed by atoms with Gasteiger partial charge in [-0.3, -0.25) is 9.80 Å². The molecular formula is C15H31N3O2. The molecule has 0 aromatic heterocycles. The van der Waals surface area contributed by atoms with Gasteiger partial charge in [-0.2, -0.15) is 0 Å². The molecule has 20 heavy (non-hydrogen) atoms. The number of methoxy groups -OCH3 is 2. The Hall–Kier alpha value is -0.200. The Labute approximate surface area is 123 Å². The van der Waals surface area contributed by atoms with Crippen molar-refractivity contribution in [3.63, 3.8) is 0 Å². The van der Waals surface area contributed by atoms with Crippen molar-refractivity contribution in [3.8, 4) is 0 Å². The highest BCUT2D eigenvalue weighted by atomic mass is 16.5. The van der Waals surface area contributed by atoms with Crippen LogP contribution >= 0.6 is 0 Å². The molecule has 2 N–H and O–H groups in total. The summed E-state index contributed by atoms with van der Waals surface area (Å²) in [5.41, 5.74) is 6.34. The van der Waals surface area contributed by atoms with E-state index < -0.39 is 0 Å². The van der Waals surface area contributed by atoms with Crippen molar-refractivity contribution in [1.82, 2.24) is 9.80 Å². The summed E-state index contributed by atoms with van der Waals surface area (Å²) in [5, 5.41) is 0. The predicted molar refractivity (Wildman–Crippen MR) is 80.9 cm³/mol. The summed E-state index contributed by atoms with van der Waals surface area (Å²) in [6.07, 6.45) is 5.01. The standard InChI is InChI=1S/C15H31N3O2/c1-19-10-3-7-18(9-11-20-2)15(12-16)6-8-17(13-15)14-4-5-14/h14H,3-13,16H2,1-2H3. The Morgan fingerprint density at radius 1 is 1.20 bits per heavy atom. The maximum absolute atomic E-state index is 6.19. The van der Waals surface area contributed by atoms with E-state index in [1.165, 1.54) is 25.8 Å². The van der Waals surface area contributed by atoms with Crippen LogP contribution in [0, 0.1) is 0 Å². The molecule has 0 radical (unpaired) electrons. The lowest BCUT2D eigenvalue weighted by molar-refractivity contribution is 0.0548. The summed E-state index contributed by atoms with van der Waals surface area (Å²) in [5.74, 6) is 0. The van der Waals surface area contributed by atoms with Gasteiger partial charge in [0.25, 0.3) is 0 Å². The number of nitrogens with two attached hydrogens (primary N) is 1. The van der Waals surface area contributed by atoms with Crippen molar-refractivity contribution in [2.24, 2.45) is 5.73 Å². The van der Waals surface area contributed by atoms with Gasteiger partial charge in [-0.15, -0.1) is 0 Å². The Bertz CT molecular complexity index is 286. The smallest absolute Gasteiger partial charge is 0.0589 e. The minimum absolute atomic E-state index is 0.148. The van der Waals surface area contributed by atoms with E-state index in [2.05, 4.69) is 9.80 Å². The lowest BCUT2D eigenvalue weighted by Gasteiger charge is -2.41. The second kappa shape index (κ2) is 7.71. The monoisotopic (exact) mass is 285 g/mol. The van der Waals surface area contributed by atoms with E-state index in [1.807, 2.05) is 0 Å². The van der Waals surface area contributed by atoms with Crippen molar-refractivity contribution in [1.29, 1.82) is 0 Å². The van der Waals surface area contributed by atoms with Gasteiger partial charge in [-0.25, -0.2) is 0 Å². The first-order valence-corrected chi connectivity index (χ1v) is 7.93. The van der Waals surface area contributed by atoms with Crippen LogP contribution in [-0.4, -0.2) is 81.5 Å². The van der Waals surface area contributed by atoms with Gasteiger partial charge in [0.05, 0.1) is 6.61 Å². The number of nitrogens with zero attached hydrogens (tertiary/aromatic N) is 2. The Morgan fingerprint density at radius 2 is 1.95 bits per heavy atom. The third-order valence-electron chi connectivity index (χ3n) is 4.82. The second-order valence-electron chi connectivity index (χ2n) is 6.21. The van der Waals surface area contributed by atoms with Crippen LogP contribution in [0.3, 0.4) is 0 Å². The van der Waals surface area contributed by atoms with E-state index in [9.17, 15) is 0 Å². The minimum atomic E-state index is 0.148. The Morgan fingerprint density at radius 3 is 2.55 bits per heavy atom. The third kappa shape index (κ3) is 3.92. The van der Waals surface area contributed by atoms with Crippen LogP contribution in [0.1, 0.15) is 25.7 Å². The maximum atomic E-state index is 6.19. The molecule has 1 unspecified atom stereocenters. The fourth-order valence-corrected chi connectivity index (χ4v) is 3.38. The average molecular weight is 285 g/mol. The maximum Gasteiger partial charge on any atom is 0.0589 e. The zero-order valence-electron chi connectivity index (χ0n) is 13.1. The van der Waals surface area contributed by atoms with Crippen molar-refractivity contribution in [2.75, 3.05) is 60.2 Å². The molecule has 0 aromatic rings. The van der Waals surface area contributed by atoms with Gasteiger partial charge in [0, 0.05) is 65.1 Å². The predicted octanol–water partition coefficient (Wildman–Crippen LogP) is 0.537.